The average molecular weight is 346 g/mol. The van der Waals surface area contributed by atoms with Crippen molar-refractivity contribution in [3.05, 3.63) is 23.9 Å². The topological polar surface area (TPSA) is 99.8 Å². The minimum absolute atomic E-state index is 0.0170. The summed E-state index contributed by atoms with van der Waals surface area (Å²) in [5.41, 5.74) is 6.30. The Morgan fingerprint density at radius 2 is 2.12 bits per heavy atom. The van der Waals surface area contributed by atoms with E-state index in [9.17, 15) is 14.7 Å². The van der Waals surface area contributed by atoms with Crippen LogP contribution in [0.2, 0.25) is 0 Å². The number of nitrogens with two attached hydrogens (primary N) is 1. The number of amides is 2. The lowest BCUT2D eigenvalue weighted by atomic mass is 9.72. The smallest absolute Gasteiger partial charge is 0.254 e. The van der Waals surface area contributed by atoms with Crippen LogP contribution < -0.4 is 5.73 Å². The maximum absolute atomic E-state index is 12.6. The molecule has 2 aliphatic rings. The van der Waals surface area contributed by atoms with Gasteiger partial charge in [0.15, 0.2) is 0 Å². The molecular formula is C18H26N4O3. The molecular weight excluding hydrogens is 320 g/mol. The van der Waals surface area contributed by atoms with E-state index in [0.29, 0.717) is 44.0 Å². The lowest BCUT2D eigenvalue weighted by Gasteiger charge is -2.47. The number of nitrogen functional groups attached to an aromatic ring is 1. The van der Waals surface area contributed by atoms with Crippen LogP contribution in [0.15, 0.2) is 18.3 Å². The van der Waals surface area contributed by atoms with Crippen LogP contribution in [-0.4, -0.2) is 64.0 Å². The molecule has 7 heteroatoms. The zero-order valence-electron chi connectivity index (χ0n) is 14.6. The quantitative estimate of drug-likeness (QED) is 0.847. The van der Waals surface area contributed by atoms with Gasteiger partial charge in [0.2, 0.25) is 5.91 Å². The standard InChI is InChI=1S/C18H26N4O3/c1-13(23)11-22-12-18(4-2-16(22)24)5-8-21(9-6-18)17(25)14-3-7-20-15(19)10-14/h3,7,10,13,23H,2,4-6,8-9,11-12H2,1H3,(H2,19,20). The van der Waals surface area contributed by atoms with E-state index in [-0.39, 0.29) is 17.2 Å². The molecule has 2 fully saturated rings. The highest BCUT2D eigenvalue weighted by Crippen LogP contribution is 2.40. The van der Waals surface area contributed by atoms with Crippen LogP contribution in [0.1, 0.15) is 43.0 Å². The fourth-order valence-corrected chi connectivity index (χ4v) is 3.94. The van der Waals surface area contributed by atoms with E-state index in [1.807, 2.05) is 4.90 Å². The molecule has 0 radical (unpaired) electrons. The van der Waals surface area contributed by atoms with Crippen LogP contribution in [0.3, 0.4) is 0 Å². The molecule has 1 aromatic rings. The summed E-state index contributed by atoms with van der Waals surface area (Å²) in [5.74, 6) is 0.452. The summed E-state index contributed by atoms with van der Waals surface area (Å²) in [7, 11) is 0. The number of carbonyl (C=O) groups excluding carboxylic acids is 2. The Morgan fingerprint density at radius 3 is 2.76 bits per heavy atom. The van der Waals surface area contributed by atoms with Crippen molar-refractivity contribution in [2.75, 3.05) is 31.9 Å². The van der Waals surface area contributed by atoms with Gasteiger partial charge in [-0.3, -0.25) is 9.59 Å². The predicted molar refractivity (Wildman–Crippen MR) is 93.7 cm³/mol. The monoisotopic (exact) mass is 346 g/mol. The Bertz CT molecular complexity index is 653. The number of aliphatic hydroxyl groups excluding tert-OH is 1. The summed E-state index contributed by atoms with van der Waals surface area (Å²) in [6, 6.07) is 3.29. The van der Waals surface area contributed by atoms with Gasteiger partial charge in [-0.15, -0.1) is 0 Å². The second-order valence-corrected chi connectivity index (χ2v) is 7.38. The van der Waals surface area contributed by atoms with Crippen molar-refractivity contribution in [3.63, 3.8) is 0 Å². The van der Waals surface area contributed by atoms with Crippen molar-refractivity contribution in [2.24, 2.45) is 5.41 Å². The van der Waals surface area contributed by atoms with Crippen LogP contribution in [0, 0.1) is 5.41 Å². The molecule has 1 spiro atoms. The van der Waals surface area contributed by atoms with Crippen LogP contribution in [0.5, 0.6) is 0 Å². The summed E-state index contributed by atoms with van der Waals surface area (Å²) < 4.78 is 0. The van der Waals surface area contributed by atoms with Gasteiger partial charge in [-0.25, -0.2) is 4.98 Å². The van der Waals surface area contributed by atoms with Crippen molar-refractivity contribution >= 4 is 17.6 Å². The van der Waals surface area contributed by atoms with Gasteiger partial charge in [0.25, 0.3) is 5.91 Å². The first-order valence-electron chi connectivity index (χ1n) is 8.85. The molecule has 7 nitrogen and oxygen atoms in total. The van der Waals surface area contributed by atoms with E-state index < -0.39 is 6.10 Å². The molecule has 1 aromatic heterocycles. The number of likely N-dealkylation sites (tertiary alicyclic amines) is 2. The van der Waals surface area contributed by atoms with Crippen LogP contribution in [0.25, 0.3) is 0 Å². The minimum Gasteiger partial charge on any atom is -0.392 e. The van der Waals surface area contributed by atoms with E-state index >= 15 is 0 Å². The molecule has 3 N–H and O–H groups in total. The number of pyridine rings is 1. The second-order valence-electron chi connectivity index (χ2n) is 7.38. The molecule has 25 heavy (non-hydrogen) atoms. The van der Waals surface area contributed by atoms with Crippen molar-refractivity contribution in [1.29, 1.82) is 0 Å². The Morgan fingerprint density at radius 1 is 1.40 bits per heavy atom. The molecule has 0 aromatic carbocycles. The Hall–Kier alpha value is -2.15. The summed E-state index contributed by atoms with van der Waals surface area (Å²) in [6.07, 6.45) is 4.19. The number of hydrogen-bond donors (Lipinski definition) is 2. The van der Waals surface area contributed by atoms with Gasteiger partial charge in [0.1, 0.15) is 5.82 Å². The highest BCUT2D eigenvalue weighted by Gasteiger charge is 2.41. The van der Waals surface area contributed by atoms with E-state index in [1.54, 1.807) is 30.2 Å². The normalized spacial score (nSPS) is 21.4. The summed E-state index contributed by atoms with van der Waals surface area (Å²) in [4.78, 5) is 32.3. The molecule has 0 saturated carbocycles. The number of rotatable bonds is 3. The zero-order chi connectivity index (χ0) is 18.0. The molecule has 0 bridgehead atoms. The number of aliphatic hydroxyl groups is 1. The van der Waals surface area contributed by atoms with Crippen molar-refractivity contribution in [1.82, 2.24) is 14.8 Å². The Kier molecular flexibility index (Phi) is 4.94. The molecule has 136 valence electrons. The first-order valence-corrected chi connectivity index (χ1v) is 8.85. The maximum atomic E-state index is 12.6. The molecule has 1 atom stereocenters. The average Bonchev–Trinajstić information content (AvgIpc) is 2.58. The van der Waals surface area contributed by atoms with E-state index in [1.165, 1.54) is 0 Å². The molecule has 2 aliphatic heterocycles. The number of aromatic nitrogens is 1. The van der Waals surface area contributed by atoms with Gasteiger partial charge >= 0.3 is 0 Å². The molecule has 2 saturated heterocycles. The molecule has 2 amide bonds. The number of β-amino-alcohol motifs (C(OH)–C–C–N with tert-alkyl or cyclic N) is 1. The van der Waals surface area contributed by atoms with Crippen molar-refractivity contribution in [3.8, 4) is 0 Å². The highest BCUT2D eigenvalue weighted by molar-refractivity contribution is 5.94. The number of nitrogens with zero attached hydrogens (tertiary/aromatic N) is 3. The van der Waals surface area contributed by atoms with Gasteiger partial charge in [-0.05, 0) is 43.7 Å². The highest BCUT2D eigenvalue weighted by atomic mass is 16.3. The van der Waals surface area contributed by atoms with Crippen LogP contribution in [0.4, 0.5) is 5.82 Å². The zero-order valence-corrected chi connectivity index (χ0v) is 14.6. The van der Waals surface area contributed by atoms with Gasteiger partial charge in [-0.1, -0.05) is 0 Å². The Balaban J connectivity index is 1.63. The fourth-order valence-electron chi connectivity index (χ4n) is 3.94. The van der Waals surface area contributed by atoms with Crippen molar-refractivity contribution in [2.45, 2.75) is 38.7 Å². The number of piperidine rings is 2. The minimum atomic E-state index is -0.516. The van der Waals surface area contributed by atoms with Crippen LogP contribution >= 0.6 is 0 Å². The maximum Gasteiger partial charge on any atom is 0.254 e. The largest absolute Gasteiger partial charge is 0.392 e. The fraction of sp³-hybridized carbons (Fsp3) is 0.611. The predicted octanol–water partition coefficient (Wildman–Crippen LogP) is 0.889. The van der Waals surface area contributed by atoms with Gasteiger partial charge in [-0.2, -0.15) is 0 Å². The van der Waals surface area contributed by atoms with E-state index in [0.717, 1.165) is 19.3 Å². The van der Waals surface area contributed by atoms with E-state index in [2.05, 4.69) is 4.98 Å². The third-order valence-corrected chi connectivity index (χ3v) is 5.37. The Labute approximate surface area is 147 Å². The first-order chi connectivity index (χ1) is 11.9. The third-order valence-electron chi connectivity index (χ3n) is 5.37. The summed E-state index contributed by atoms with van der Waals surface area (Å²) in [6.45, 7) is 4.13. The number of carbonyl (C=O) groups is 2. The van der Waals surface area contributed by atoms with Crippen LogP contribution in [-0.2, 0) is 4.79 Å². The first kappa shape index (κ1) is 17.7. The molecule has 3 rings (SSSR count). The molecule has 0 aliphatic carbocycles. The van der Waals surface area contributed by atoms with E-state index in [4.69, 9.17) is 5.73 Å². The van der Waals surface area contributed by atoms with Gasteiger partial charge in [0, 0.05) is 44.4 Å². The van der Waals surface area contributed by atoms with Gasteiger partial charge in [0.05, 0.1) is 6.10 Å². The molecule has 1 unspecified atom stereocenters. The van der Waals surface area contributed by atoms with Gasteiger partial charge < -0.3 is 20.6 Å². The summed E-state index contributed by atoms with van der Waals surface area (Å²) >= 11 is 0. The van der Waals surface area contributed by atoms with Crippen molar-refractivity contribution < 1.29 is 14.7 Å². The lowest BCUT2D eigenvalue weighted by Crippen LogP contribution is -2.53. The number of anilines is 1. The second kappa shape index (κ2) is 7.00. The molecule has 3 heterocycles. The lowest BCUT2D eigenvalue weighted by molar-refractivity contribution is -0.140. The SMILES string of the molecule is CC(O)CN1CC2(CCC1=O)CCN(C(=O)c1ccnc(N)c1)CC2. The summed E-state index contributed by atoms with van der Waals surface area (Å²) in [5, 5.41) is 9.61. The number of hydrogen-bond acceptors (Lipinski definition) is 5. The third kappa shape index (κ3) is 3.92.